The second-order valence-electron chi connectivity index (χ2n) is 7.73. The number of phenols is 1. The number of benzene rings is 4. The van der Waals surface area contributed by atoms with Crippen LogP contribution >= 0.6 is 0 Å². The lowest BCUT2D eigenvalue weighted by Crippen LogP contribution is -2.22. The van der Waals surface area contributed by atoms with Gasteiger partial charge < -0.3 is 9.66 Å². The standard InChI is InChI=1S/C21H18O2S.C7H8O4S/c1-24(19-14-12-18(22)13-15-19)21(17-10-6-3-7-11-17)20(23)16-8-4-2-5-9-16;8-12(9,10)11-6-7-4-2-1-3-5-7/h2-15,21H,1H3;1-5H,6H2,(H,8,9,10). The van der Waals surface area contributed by atoms with Crippen LogP contribution in [0.2, 0.25) is 0 Å². The Balaban J connectivity index is 0.000000253. The molecule has 0 aliphatic rings. The lowest BCUT2D eigenvalue weighted by atomic mass is 10.0. The van der Waals surface area contributed by atoms with Crippen molar-refractivity contribution in [2.24, 2.45) is 0 Å². The highest BCUT2D eigenvalue weighted by Gasteiger charge is 2.37. The van der Waals surface area contributed by atoms with E-state index >= 15 is 0 Å². The first kappa shape index (κ1) is 27.2. The summed E-state index contributed by atoms with van der Waals surface area (Å²) in [7, 11) is -4.89. The van der Waals surface area contributed by atoms with Gasteiger partial charge in [-0.25, -0.2) is 8.42 Å². The fourth-order valence-electron chi connectivity index (χ4n) is 3.41. The van der Waals surface area contributed by atoms with Gasteiger partial charge in [0.15, 0.2) is 4.90 Å². The van der Waals surface area contributed by atoms with Crippen molar-refractivity contribution >= 4 is 27.1 Å². The Bertz CT molecular complexity index is 1330. The van der Waals surface area contributed by atoms with Gasteiger partial charge in [0.05, 0.1) is 6.61 Å². The second-order valence-corrected chi connectivity index (χ2v) is 10.8. The van der Waals surface area contributed by atoms with Gasteiger partial charge in [0, 0.05) is 22.0 Å². The highest BCUT2D eigenvalue weighted by molar-refractivity contribution is 7.97. The molecule has 0 amide bonds. The van der Waals surface area contributed by atoms with Crippen molar-refractivity contribution in [2.75, 3.05) is 6.26 Å². The molecular formula is C28H26O6S2. The van der Waals surface area contributed by atoms with Gasteiger partial charge in [-0.05, 0) is 29.8 Å². The molecule has 0 spiro atoms. The summed E-state index contributed by atoms with van der Waals surface area (Å²) in [6.07, 6.45) is 2.09. The van der Waals surface area contributed by atoms with Gasteiger partial charge in [-0.1, -0.05) is 91.0 Å². The van der Waals surface area contributed by atoms with Gasteiger partial charge in [0.2, 0.25) is 21.4 Å². The molecule has 0 fully saturated rings. The number of rotatable bonds is 8. The summed E-state index contributed by atoms with van der Waals surface area (Å²) in [6.45, 7) is -0.202. The predicted octanol–water partition coefficient (Wildman–Crippen LogP) is 5.29. The number of carbonyl (C=O) groups excluding carboxylic acids is 1. The largest absolute Gasteiger partial charge is 0.726 e. The molecule has 36 heavy (non-hydrogen) atoms. The third-order valence-corrected chi connectivity index (χ3v) is 7.79. The third kappa shape index (κ3) is 8.35. The highest BCUT2D eigenvalue weighted by atomic mass is 32.3. The number of aromatic hydroxyl groups is 1. The molecule has 4 aromatic rings. The molecule has 4 aromatic carbocycles. The molecule has 0 heterocycles. The van der Waals surface area contributed by atoms with Gasteiger partial charge >= 0.3 is 0 Å². The smallest absolute Gasteiger partial charge is 0.220 e. The van der Waals surface area contributed by atoms with E-state index in [2.05, 4.69) is 10.4 Å². The van der Waals surface area contributed by atoms with E-state index < -0.39 is 10.4 Å². The lowest BCUT2D eigenvalue weighted by Gasteiger charge is -2.16. The van der Waals surface area contributed by atoms with Crippen LogP contribution in [0.5, 0.6) is 5.75 Å². The Hall–Kier alpha value is -3.43. The van der Waals surface area contributed by atoms with Crippen molar-refractivity contribution in [1.29, 1.82) is 0 Å². The molecule has 2 atom stereocenters. The molecule has 2 unspecified atom stereocenters. The number of Topliss-reactive ketones (excluding diaryl/α,β-unsaturated/α-hetero) is 1. The Kier molecular flexibility index (Phi) is 9.84. The second kappa shape index (κ2) is 13.0. The first-order valence-electron chi connectivity index (χ1n) is 11.0. The van der Waals surface area contributed by atoms with Gasteiger partial charge in [-0.15, -0.1) is 0 Å². The topological polar surface area (TPSA) is 104 Å². The van der Waals surface area contributed by atoms with E-state index in [1.165, 1.54) is 0 Å². The van der Waals surface area contributed by atoms with Crippen LogP contribution in [-0.4, -0.2) is 30.1 Å². The van der Waals surface area contributed by atoms with Crippen molar-refractivity contribution in [3.63, 3.8) is 0 Å². The lowest BCUT2D eigenvalue weighted by molar-refractivity contribution is 0.0988. The maximum absolute atomic E-state index is 13.2. The summed E-state index contributed by atoms with van der Waals surface area (Å²) in [5, 5.41) is 9.28. The molecule has 0 aromatic heterocycles. The molecule has 0 radical (unpaired) electrons. The van der Waals surface area contributed by atoms with Crippen molar-refractivity contribution in [1.82, 2.24) is 0 Å². The van der Waals surface area contributed by atoms with Crippen LogP contribution < -0.4 is 0 Å². The van der Waals surface area contributed by atoms with Crippen molar-refractivity contribution < 1.29 is 27.1 Å². The minimum atomic E-state index is -4.57. The molecule has 0 aliphatic carbocycles. The van der Waals surface area contributed by atoms with Crippen LogP contribution in [0.25, 0.3) is 0 Å². The summed E-state index contributed by atoms with van der Waals surface area (Å²) < 4.78 is 34.1. The summed E-state index contributed by atoms with van der Waals surface area (Å²) in [5.41, 5.74) is 2.40. The van der Waals surface area contributed by atoms with E-state index in [1.54, 1.807) is 42.5 Å². The van der Waals surface area contributed by atoms with E-state index in [0.29, 0.717) is 5.56 Å². The maximum atomic E-state index is 13.2. The fourth-order valence-corrected chi connectivity index (χ4v) is 5.55. The molecule has 0 aliphatic heterocycles. The van der Waals surface area contributed by atoms with Crippen LogP contribution in [0.15, 0.2) is 120 Å². The molecule has 0 saturated heterocycles. The van der Waals surface area contributed by atoms with Crippen LogP contribution in [0.3, 0.4) is 0 Å². The van der Waals surface area contributed by atoms with Crippen molar-refractivity contribution in [3.05, 3.63) is 132 Å². The van der Waals surface area contributed by atoms with Crippen LogP contribution in [-0.2, 0) is 32.1 Å². The van der Waals surface area contributed by atoms with Gasteiger partial charge in [-0.2, -0.15) is 0 Å². The molecule has 0 saturated carbocycles. The number of ketones is 1. The number of hydrogen-bond donors (Lipinski definition) is 1. The third-order valence-electron chi connectivity index (χ3n) is 5.17. The molecular weight excluding hydrogens is 496 g/mol. The van der Waals surface area contributed by atoms with Gasteiger partial charge in [-0.3, -0.25) is 8.98 Å². The van der Waals surface area contributed by atoms with E-state index in [0.717, 1.165) is 16.0 Å². The Morgan fingerprint density at radius 1 is 0.833 bits per heavy atom. The molecule has 186 valence electrons. The zero-order valence-corrected chi connectivity index (χ0v) is 21.2. The van der Waals surface area contributed by atoms with Crippen LogP contribution in [0.4, 0.5) is 0 Å². The fraction of sp³-hybridized carbons (Fsp3) is 0.107. The van der Waals surface area contributed by atoms with Crippen molar-refractivity contribution in [3.8, 4) is 5.75 Å². The van der Waals surface area contributed by atoms with E-state index in [4.69, 9.17) is 0 Å². The zero-order valence-electron chi connectivity index (χ0n) is 19.6. The summed E-state index contributed by atoms with van der Waals surface area (Å²) in [5.74, 6) is 0.363. The molecule has 8 heteroatoms. The van der Waals surface area contributed by atoms with E-state index in [-0.39, 0.29) is 34.3 Å². The van der Waals surface area contributed by atoms with E-state index in [9.17, 15) is 22.9 Å². The quantitative estimate of drug-likeness (QED) is 0.146. The Labute approximate surface area is 214 Å². The molecule has 4 rings (SSSR count). The number of phenolic OH excluding ortho intramolecular Hbond substituents is 1. The predicted molar refractivity (Wildman–Crippen MR) is 141 cm³/mol. The SMILES string of the molecule is C[S+](c1ccc(O)cc1)C(C(=O)c1ccccc1)c1ccccc1.O=S(=O)([O-])OCc1ccccc1. The normalized spacial score (nSPS) is 12.6. The zero-order chi connectivity index (χ0) is 26.0. The Morgan fingerprint density at radius 3 is 1.86 bits per heavy atom. The summed E-state index contributed by atoms with van der Waals surface area (Å²) >= 11 is 0. The van der Waals surface area contributed by atoms with Gasteiger partial charge in [0.25, 0.3) is 0 Å². The first-order valence-corrected chi connectivity index (χ1v) is 14.0. The number of hydrogen-bond acceptors (Lipinski definition) is 6. The molecule has 0 bridgehead atoms. The average molecular weight is 523 g/mol. The Morgan fingerprint density at radius 2 is 1.33 bits per heavy atom. The minimum Gasteiger partial charge on any atom is -0.726 e. The van der Waals surface area contributed by atoms with E-state index in [1.807, 2.05) is 72.8 Å². The minimum absolute atomic E-state index is 0.126. The molecule has 6 nitrogen and oxygen atoms in total. The average Bonchev–Trinajstić information content (AvgIpc) is 2.90. The summed E-state index contributed by atoms with van der Waals surface area (Å²) in [6, 6.07) is 35.1. The van der Waals surface area contributed by atoms with Crippen LogP contribution in [0.1, 0.15) is 26.7 Å². The monoisotopic (exact) mass is 522 g/mol. The number of carbonyl (C=O) groups is 1. The van der Waals surface area contributed by atoms with Gasteiger partial charge in [0.1, 0.15) is 12.0 Å². The highest BCUT2D eigenvalue weighted by Crippen LogP contribution is 2.33. The summed E-state index contributed by atoms with van der Waals surface area (Å²) in [4.78, 5) is 14.2. The van der Waals surface area contributed by atoms with Crippen LogP contribution in [0, 0.1) is 0 Å². The molecule has 1 N–H and O–H groups in total. The van der Waals surface area contributed by atoms with Crippen molar-refractivity contribution in [2.45, 2.75) is 16.8 Å². The maximum Gasteiger partial charge on any atom is 0.220 e. The first-order chi connectivity index (χ1) is 17.2.